The molecule has 0 aliphatic carbocycles. The Bertz CT molecular complexity index is 1360. The molecular formula is C24H20F3N5O2. The first-order valence-electron chi connectivity index (χ1n) is 10.5. The Morgan fingerprint density at radius 1 is 0.853 bits per heavy atom. The number of para-hydroxylation sites is 1. The van der Waals surface area contributed by atoms with Crippen molar-refractivity contribution in [2.24, 2.45) is 0 Å². The lowest BCUT2D eigenvalue weighted by Gasteiger charge is -2.20. The van der Waals surface area contributed by atoms with E-state index in [0.29, 0.717) is 15.8 Å². The molecule has 0 atom stereocenters. The van der Waals surface area contributed by atoms with Crippen LogP contribution in [0.4, 0.5) is 23.7 Å². The number of halogens is 3. The highest BCUT2D eigenvalue weighted by Crippen LogP contribution is 2.22. The quantitative estimate of drug-likeness (QED) is 0.400. The largest absolute Gasteiger partial charge is 0.377 e. The minimum absolute atomic E-state index is 0.00642. The predicted octanol–water partition coefficient (Wildman–Crippen LogP) is 4.13. The molecule has 7 nitrogen and oxygen atoms in total. The highest BCUT2D eigenvalue weighted by molar-refractivity contribution is 5.92. The molecule has 0 N–H and O–H groups in total. The third kappa shape index (κ3) is 4.47. The molecule has 0 saturated heterocycles. The van der Waals surface area contributed by atoms with E-state index in [4.69, 9.17) is 0 Å². The van der Waals surface area contributed by atoms with E-state index in [-0.39, 0.29) is 12.2 Å². The predicted molar refractivity (Wildman–Crippen MR) is 120 cm³/mol. The SMILES string of the molecule is CCN(C(=O)n1nnn(-c2c(F)cccc2F)c1=O)c1ccc(CCc2ccccc2)cc1F. The molecule has 0 bridgehead atoms. The number of rotatable bonds is 6. The van der Waals surface area contributed by atoms with Crippen molar-refractivity contribution in [1.29, 1.82) is 0 Å². The van der Waals surface area contributed by atoms with Crippen LogP contribution in [0.15, 0.2) is 71.5 Å². The Morgan fingerprint density at radius 2 is 1.53 bits per heavy atom. The minimum atomic E-state index is -1.19. The van der Waals surface area contributed by atoms with Crippen molar-refractivity contribution in [3.8, 4) is 5.69 Å². The smallest absolute Gasteiger partial charge is 0.290 e. The van der Waals surface area contributed by atoms with Crippen LogP contribution in [0.1, 0.15) is 18.1 Å². The fourth-order valence-electron chi connectivity index (χ4n) is 3.58. The van der Waals surface area contributed by atoms with Crippen molar-refractivity contribution in [2.75, 3.05) is 11.4 Å². The molecule has 4 aromatic rings. The van der Waals surface area contributed by atoms with Crippen LogP contribution in [0.5, 0.6) is 0 Å². The van der Waals surface area contributed by atoms with Gasteiger partial charge >= 0.3 is 11.7 Å². The van der Waals surface area contributed by atoms with E-state index >= 15 is 0 Å². The first kappa shape index (κ1) is 23.0. The lowest BCUT2D eigenvalue weighted by atomic mass is 10.0. The topological polar surface area (TPSA) is 73.0 Å². The summed E-state index contributed by atoms with van der Waals surface area (Å²) in [5, 5.41) is 6.87. The zero-order chi connectivity index (χ0) is 24.2. The lowest BCUT2D eigenvalue weighted by molar-refractivity contribution is 0.244. The van der Waals surface area contributed by atoms with Crippen LogP contribution in [-0.4, -0.2) is 32.4 Å². The molecule has 0 aliphatic rings. The van der Waals surface area contributed by atoms with Gasteiger partial charge in [-0.2, -0.15) is 4.68 Å². The zero-order valence-electron chi connectivity index (χ0n) is 18.2. The van der Waals surface area contributed by atoms with Gasteiger partial charge in [-0.3, -0.25) is 4.90 Å². The Hall–Kier alpha value is -4.21. The highest BCUT2D eigenvalue weighted by atomic mass is 19.1. The number of benzene rings is 3. The van der Waals surface area contributed by atoms with Crippen LogP contribution in [0.2, 0.25) is 0 Å². The number of hydrogen-bond acceptors (Lipinski definition) is 4. The van der Waals surface area contributed by atoms with Crippen LogP contribution in [-0.2, 0) is 12.8 Å². The number of amides is 1. The van der Waals surface area contributed by atoms with Gasteiger partial charge in [0, 0.05) is 6.54 Å². The molecule has 4 rings (SSSR count). The average molecular weight is 467 g/mol. The van der Waals surface area contributed by atoms with E-state index in [9.17, 15) is 22.8 Å². The molecule has 0 fully saturated rings. The number of aryl methyl sites for hydroxylation is 2. The Labute approximate surface area is 192 Å². The summed E-state index contributed by atoms with van der Waals surface area (Å²) >= 11 is 0. The molecule has 1 heterocycles. The van der Waals surface area contributed by atoms with Crippen molar-refractivity contribution < 1.29 is 18.0 Å². The summed E-state index contributed by atoms with van der Waals surface area (Å²) in [6, 6.07) is 16.2. The summed E-state index contributed by atoms with van der Waals surface area (Å²) in [6.07, 6.45) is 1.32. The second-order valence-electron chi connectivity index (χ2n) is 7.45. The number of carbonyl (C=O) groups excluding carboxylic acids is 1. The van der Waals surface area contributed by atoms with Gasteiger partial charge in [-0.1, -0.05) is 42.5 Å². The van der Waals surface area contributed by atoms with Gasteiger partial charge < -0.3 is 0 Å². The van der Waals surface area contributed by atoms with Crippen molar-refractivity contribution in [3.63, 3.8) is 0 Å². The standard InChI is InChI=1S/C24H20F3N5O2/c1-2-30(21-14-13-17(15-20(21)27)12-11-16-7-4-3-5-8-16)23(33)32-24(34)31(28-29-32)22-18(25)9-6-10-19(22)26/h3-10,13-15H,2,11-12H2,1H3. The number of nitrogens with zero attached hydrogens (tertiary/aromatic N) is 5. The molecule has 3 aromatic carbocycles. The third-order valence-electron chi connectivity index (χ3n) is 5.31. The zero-order valence-corrected chi connectivity index (χ0v) is 18.2. The molecule has 0 saturated carbocycles. The molecular weight excluding hydrogens is 447 g/mol. The van der Waals surface area contributed by atoms with E-state index in [0.717, 1.165) is 40.6 Å². The number of hydrogen-bond donors (Lipinski definition) is 0. The highest BCUT2D eigenvalue weighted by Gasteiger charge is 2.25. The van der Waals surface area contributed by atoms with Gasteiger partial charge in [0.1, 0.15) is 11.5 Å². The van der Waals surface area contributed by atoms with Crippen LogP contribution < -0.4 is 10.6 Å². The van der Waals surface area contributed by atoms with Gasteiger partial charge in [-0.25, -0.2) is 22.8 Å². The van der Waals surface area contributed by atoms with Gasteiger partial charge in [-0.05, 0) is 65.6 Å². The van der Waals surface area contributed by atoms with E-state index in [2.05, 4.69) is 10.4 Å². The normalized spacial score (nSPS) is 10.9. The number of tetrazole rings is 1. The summed E-state index contributed by atoms with van der Waals surface area (Å²) in [4.78, 5) is 26.6. The summed E-state index contributed by atoms with van der Waals surface area (Å²) in [7, 11) is 0. The first-order valence-corrected chi connectivity index (χ1v) is 10.5. The molecule has 0 radical (unpaired) electrons. The van der Waals surface area contributed by atoms with E-state index in [1.165, 1.54) is 12.1 Å². The molecule has 34 heavy (non-hydrogen) atoms. The maximum Gasteiger partial charge on any atom is 0.377 e. The Kier molecular flexibility index (Phi) is 6.58. The van der Waals surface area contributed by atoms with Crippen LogP contribution in [0, 0.1) is 17.5 Å². The maximum atomic E-state index is 14.9. The van der Waals surface area contributed by atoms with Gasteiger partial charge in [0.15, 0.2) is 11.6 Å². The molecule has 1 amide bonds. The lowest BCUT2D eigenvalue weighted by Crippen LogP contribution is -2.41. The van der Waals surface area contributed by atoms with Gasteiger partial charge in [0.2, 0.25) is 0 Å². The van der Waals surface area contributed by atoms with E-state index in [1.54, 1.807) is 13.0 Å². The van der Waals surface area contributed by atoms with Crippen molar-refractivity contribution >= 4 is 11.7 Å². The van der Waals surface area contributed by atoms with Crippen LogP contribution in [0.3, 0.4) is 0 Å². The van der Waals surface area contributed by atoms with Crippen molar-refractivity contribution in [1.82, 2.24) is 19.8 Å². The minimum Gasteiger partial charge on any atom is -0.290 e. The number of aromatic nitrogens is 4. The summed E-state index contributed by atoms with van der Waals surface area (Å²) < 4.78 is 43.7. The number of carbonyl (C=O) groups is 1. The summed E-state index contributed by atoms with van der Waals surface area (Å²) in [5.74, 6) is -2.75. The molecule has 10 heteroatoms. The van der Waals surface area contributed by atoms with Crippen molar-refractivity contribution in [2.45, 2.75) is 19.8 Å². The molecule has 174 valence electrons. The van der Waals surface area contributed by atoms with Crippen molar-refractivity contribution in [3.05, 3.63) is 106 Å². The van der Waals surface area contributed by atoms with Crippen LogP contribution >= 0.6 is 0 Å². The third-order valence-corrected chi connectivity index (χ3v) is 5.31. The van der Waals surface area contributed by atoms with Crippen LogP contribution in [0.25, 0.3) is 5.69 Å². The monoisotopic (exact) mass is 467 g/mol. The fourth-order valence-corrected chi connectivity index (χ4v) is 3.58. The Morgan fingerprint density at radius 3 is 2.18 bits per heavy atom. The van der Waals surface area contributed by atoms with Gasteiger partial charge in [-0.15, -0.1) is 4.68 Å². The molecule has 0 spiro atoms. The number of anilines is 1. The second-order valence-corrected chi connectivity index (χ2v) is 7.45. The van der Waals surface area contributed by atoms with Gasteiger partial charge in [0.05, 0.1) is 5.69 Å². The Balaban J connectivity index is 1.59. The first-order chi connectivity index (χ1) is 16.4. The van der Waals surface area contributed by atoms with E-state index < -0.39 is 34.9 Å². The average Bonchev–Trinajstić information content (AvgIpc) is 3.20. The molecule has 0 unspecified atom stereocenters. The summed E-state index contributed by atoms with van der Waals surface area (Å²) in [5.41, 5.74) is -0.150. The maximum absolute atomic E-state index is 14.9. The van der Waals surface area contributed by atoms with Gasteiger partial charge in [0.25, 0.3) is 0 Å². The van der Waals surface area contributed by atoms with E-state index in [1.807, 2.05) is 30.3 Å². The molecule has 0 aliphatic heterocycles. The fraction of sp³-hybridized carbons (Fsp3) is 0.167. The summed E-state index contributed by atoms with van der Waals surface area (Å²) in [6.45, 7) is 1.60. The molecule has 1 aromatic heterocycles. The second kappa shape index (κ2) is 9.74.